The summed E-state index contributed by atoms with van der Waals surface area (Å²) >= 11 is 7.17. The summed E-state index contributed by atoms with van der Waals surface area (Å²) in [7, 11) is 1.55. The number of anilines is 1. The zero-order valence-electron chi connectivity index (χ0n) is 10.9. The van der Waals surface area contributed by atoms with Crippen LogP contribution in [0.2, 0.25) is 4.34 Å². The van der Waals surface area contributed by atoms with Gasteiger partial charge < -0.3 is 10.6 Å². The highest BCUT2D eigenvalue weighted by Gasteiger charge is 2.24. The third-order valence-corrected chi connectivity index (χ3v) is 3.92. The van der Waals surface area contributed by atoms with E-state index in [1.165, 1.54) is 22.3 Å². The molecule has 0 spiro atoms. The maximum atomic E-state index is 12.3. The SMILES string of the molecule is CN(Cc1ccc(Cl)s1)C(=O)c1cc(N)ncc1[N+](=O)[O-]. The Hall–Kier alpha value is -2.19. The number of hydrogen-bond acceptors (Lipinski definition) is 6. The number of rotatable bonds is 4. The number of amides is 1. The molecule has 0 aliphatic carbocycles. The predicted molar refractivity (Wildman–Crippen MR) is 80.4 cm³/mol. The quantitative estimate of drug-likeness (QED) is 0.687. The van der Waals surface area contributed by atoms with E-state index in [0.717, 1.165) is 11.1 Å². The third-order valence-electron chi connectivity index (χ3n) is 2.70. The molecule has 2 rings (SSSR count). The van der Waals surface area contributed by atoms with Crippen molar-refractivity contribution in [3.8, 4) is 0 Å². The molecule has 0 radical (unpaired) electrons. The van der Waals surface area contributed by atoms with Gasteiger partial charge in [0.15, 0.2) is 0 Å². The highest BCUT2D eigenvalue weighted by Crippen LogP contribution is 2.24. The van der Waals surface area contributed by atoms with Gasteiger partial charge in [-0.15, -0.1) is 11.3 Å². The van der Waals surface area contributed by atoms with E-state index < -0.39 is 10.8 Å². The molecule has 9 heteroatoms. The van der Waals surface area contributed by atoms with Crippen LogP contribution in [0, 0.1) is 10.1 Å². The normalized spacial score (nSPS) is 10.4. The fraction of sp³-hybridized carbons (Fsp3) is 0.167. The number of thiophene rings is 1. The minimum Gasteiger partial charge on any atom is -0.384 e. The number of nitrogens with zero attached hydrogens (tertiary/aromatic N) is 3. The average Bonchev–Trinajstić information content (AvgIpc) is 2.82. The van der Waals surface area contributed by atoms with Gasteiger partial charge in [-0.25, -0.2) is 4.98 Å². The molecular formula is C12H11ClN4O3S. The van der Waals surface area contributed by atoms with E-state index >= 15 is 0 Å². The summed E-state index contributed by atoms with van der Waals surface area (Å²) in [6.07, 6.45) is 0.985. The second-order valence-corrected chi connectivity index (χ2v) is 6.05. The Morgan fingerprint density at radius 1 is 1.57 bits per heavy atom. The fourth-order valence-corrected chi connectivity index (χ4v) is 2.87. The Morgan fingerprint density at radius 3 is 2.86 bits per heavy atom. The van der Waals surface area contributed by atoms with Gasteiger partial charge in [0.25, 0.3) is 11.6 Å². The van der Waals surface area contributed by atoms with E-state index in [4.69, 9.17) is 17.3 Å². The van der Waals surface area contributed by atoms with E-state index in [0.29, 0.717) is 10.9 Å². The predicted octanol–water partition coefficient (Wildman–Crippen LogP) is 2.56. The first-order valence-electron chi connectivity index (χ1n) is 5.78. The lowest BCUT2D eigenvalue weighted by Gasteiger charge is -2.16. The van der Waals surface area contributed by atoms with Crippen molar-refractivity contribution < 1.29 is 9.72 Å². The van der Waals surface area contributed by atoms with E-state index in [2.05, 4.69) is 4.98 Å². The first-order valence-corrected chi connectivity index (χ1v) is 6.97. The monoisotopic (exact) mass is 326 g/mol. The Bertz CT molecular complexity index is 704. The van der Waals surface area contributed by atoms with Crippen LogP contribution in [0.25, 0.3) is 0 Å². The lowest BCUT2D eigenvalue weighted by Crippen LogP contribution is -2.26. The Labute approximate surface area is 129 Å². The zero-order chi connectivity index (χ0) is 15.6. The fourth-order valence-electron chi connectivity index (χ4n) is 1.73. The molecule has 7 nitrogen and oxygen atoms in total. The van der Waals surface area contributed by atoms with Crippen molar-refractivity contribution in [1.82, 2.24) is 9.88 Å². The van der Waals surface area contributed by atoms with Crippen LogP contribution in [0.1, 0.15) is 15.2 Å². The first kappa shape index (κ1) is 15.2. The van der Waals surface area contributed by atoms with Crippen LogP contribution in [0.4, 0.5) is 11.5 Å². The van der Waals surface area contributed by atoms with Crippen LogP contribution >= 0.6 is 22.9 Å². The molecule has 0 unspecified atom stereocenters. The highest BCUT2D eigenvalue weighted by atomic mass is 35.5. The molecule has 0 aliphatic heterocycles. The number of nitro groups is 1. The van der Waals surface area contributed by atoms with Gasteiger partial charge in [0.1, 0.15) is 17.6 Å². The maximum absolute atomic E-state index is 12.3. The van der Waals surface area contributed by atoms with Gasteiger partial charge >= 0.3 is 0 Å². The number of hydrogen-bond donors (Lipinski definition) is 1. The number of pyridine rings is 1. The van der Waals surface area contributed by atoms with Crippen LogP contribution in [0.5, 0.6) is 0 Å². The van der Waals surface area contributed by atoms with Crippen LogP contribution in [0.3, 0.4) is 0 Å². The topological polar surface area (TPSA) is 102 Å². The van der Waals surface area contributed by atoms with Crippen LogP contribution in [-0.4, -0.2) is 27.8 Å². The molecule has 0 aliphatic rings. The van der Waals surface area contributed by atoms with Gasteiger partial charge in [0.2, 0.25) is 0 Å². The molecule has 0 aromatic carbocycles. The maximum Gasteiger partial charge on any atom is 0.300 e. The van der Waals surface area contributed by atoms with Crippen molar-refractivity contribution in [3.05, 3.63) is 49.3 Å². The smallest absolute Gasteiger partial charge is 0.300 e. The van der Waals surface area contributed by atoms with E-state index in [-0.39, 0.29) is 17.1 Å². The largest absolute Gasteiger partial charge is 0.384 e. The van der Waals surface area contributed by atoms with Crippen molar-refractivity contribution in [2.75, 3.05) is 12.8 Å². The molecule has 110 valence electrons. The zero-order valence-corrected chi connectivity index (χ0v) is 12.5. The van der Waals surface area contributed by atoms with E-state index in [1.54, 1.807) is 19.2 Å². The van der Waals surface area contributed by atoms with Crippen LogP contribution < -0.4 is 5.73 Å². The number of nitrogen functional groups attached to an aromatic ring is 1. The van der Waals surface area contributed by atoms with Crippen LogP contribution in [-0.2, 0) is 6.54 Å². The van der Waals surface area contributed by atoms with Crippen molar-refractivity contribution in [2.24, 2.45) is 0 Å². The Kier molecular flexibility index (Phi) is 4.39. The van der Waals surface area contributed by atoms with Crippen LogP contribution in [0.15, 0.2) is 24.4 Å². The summed E-state index contributed by atoms with van der Waals surface area (Å²) < 4.78 is 0.616. The van der Waals surface area contributed by atoms with Gasteiger partial charge in [-0.3, -0.25) is 14.9 Å². The molecule has 2 N–H and O–H groups in total. The number of aromatic nitrogens is 1. The summed E-state index contributed by atoms with van der Waals surface area (Å²) in [6, 6.07) is 4.73. The van der Waals surface area contributed by atoms with Crippen molar-refractivity contribution in [1.29, 1.82) is 0 Å². The Balaban J connectivity index is 2.26. The van der Waals surface area contributed by atoms with E-state index in [9.17, 15) is 14.9 Å². The van der Waals surface area contributed by atoms with Gasteiger partial charge in [-0.1, -0.05) is 11.6 Å². The average molecular weight is 327 g/mol. The summed E-state index contributed by atoms with van der Waals surface area (Å²) in [5.74, 6) is -0.447. The first-order chi connectivity index (χ1) is 9.88. The van der Waals surface area contributed by atoms with Gasteiger partial charge in [0, 0.05) is 11.9 Å². The van der Waals surface area contributed by atoms with E-state index in [1.807, 2.05) is 0 Å². The molecule has 0 saturated heterocycles. The second kappa shape index (κ2) is 6.06. The minimum absolute atomic E-state index is 0.0523. The minimum atomic E-state index is -0.657. The molecule has 2 aromatic heterocycles. The molecule has 0 saturated carbocycles. The third kappa shape index (κ3) is 3.47. The molecule has 21 heavy (non-hydrogen) atoms. The second-order valence-electron chi connectivity index (χ2n) is 4.25. The molecule has 0 atom stereocenters. The van der Waals surface area contributed by atoms with Gasteiger partial charge in [-0.2, -0.15) is 0 Å². The van der Waals surface area contributed by atoms with Crippen molar-refractivity contribution >= 4 is 40.4 Å². The number of carbonyl (C=O) groups is 1. The number of carbonyl (C=O) groups excluding carboxylic acids is 1. The summed E-state index contributed by atoms with van der Waals surface area (Å²) in [6.45, 7) is 0.301. The summed E-state index contributed by atoms with van der Waals surface area (Å²) in [4.78, 5) is 28.5. The van der Waals surface area contributed by atoms with Gasteiger partial charge in [-0.05, 0) is 18.2 Å². The highest BCUT2D eigenvalue weighted by molar-refractivity contribution is 7.16. The van der Waals surface area contributed by atoms with Gasteiger partial charge in [0.05, 0.1) is 15.8 Å². The molecule has 1 amide bonds. The standard InChI is InChI=1S/C12H11ClN4O3S/c1-16(6-7-2-3-10(13)21-7)12(18)8-4-11(14)15-5-9(8)17(19)20/h2-5H,6H2,1H3,(H2,14,15). The Morgan fingerprint density at radius 2 is 2.29 bits per heavy atom. The summed E-state index contributed by atoms with van der Waals surface area (Å²) in [5, 5.41) is 11.0. The molecule has 0 fully saturated rings. The summed E-state index contributed by atoms with van der Waals surface area (Å²) in [5.41, 5.74) is 5.05. The molecule has 2 aromatic rings. The molecule has 2 heterocycles. The molecule has 0 bridgehead atoms. The lowest BCUT2D eigenvalue weighted by molar-refractivity contribution is -0.385. The number of halogens is 1. The number of nitrogens with two attached hydrogens (primary N) is 1. The van der Waals surface area contributed by atoms with Crippen molar-refractivity contribution in [2.45, 2.75) is 6.54 Å². The molecular weight excluding hydrogens is 316 g/mol. The lowest BCUT2D eigenvalue weighted by atomic mass is 10.2. The van der Waals surface area contributed by atoms with Crippen molar-refractivity contribution in [3.63, 3.8) is 0 Å².